The van der Waals surface area contributed by atoms with E-state index in [1.165, 1.54) is 6.92 Å². The molecule has 0 aliphatic carbocycles. The van der Waals surface area contributed by atoms with E-state index in [-0.39, 0.29) is 11.8 Å². The number of carbonyl (C=O) groups is 2. The molecule has 0 heterocycles. The Labute approximate surface area is 139 Å². The van der Waals surface area contributed by atoms with Gasteiger partial charge < -0.3 is 15.4 Å². The number of nitrogens with one attached hydrogen (secondary N) is 2. The van der Waals surface area contributed by atoms with Crippen LogP contribution in [0.25, 0.3) is 0 Å². The minimum absolute atomic E-state index is 0.144. The number of rotatable bonds is 5. The number of anilines is 2. The summed E-state index contributed by atoms with van der Waals surface area (Å²) in [5.41, 5.74) is 1.32. The molecule has 23 heavy (non-hydrogen) atoms. The van der Waals surface area contributed by atoms with Gasteiger partial charge in [-0.25, -0.2) is 0 Å². The predicted molar refractivity (Wildman–Crippen MR) is 90.9 cm³/mol. The third-order valence-electron chi connectivity index (χ3n) is 2.97. The number of carbonyl (C=O) groups excluding carboxylic acids is 2. The van der Waals surface area contributed by atoms with Gasteiger partial charge in [-0.3, -0.25) is 9.59 Å². The number of hydrogen-bond donors (Lipinski definition) is 2. The lowest BCUT2D eigenvalue weighted by Gasteiger charge is -2.15. The molecule has 5 nitrogen and oxygen atoms in total. The van der Waals surface area contributed by atoms with E-state index in [4.69, 9.17) is 16.3 Å². The summed E-state index contributed by atoms with van der Waals surface area (Å²) >= 11 is 5.80. The molecule has 0 bridgehead atoms. The molecule has 2 rings (SSSR count). The second-order valence-electron chi connectivity index (χ2n) is 4.96. The first-order valence-electron chi connectivity index (χ1n) is 7.05. The fourth-order valence-corrected chi connectivity index (χ4v) is 1.98. The van der Waals surface area contributed by atoms with Crippen LogP contribution in [0.15, 0.2) is 48.5 Å². The van der Waals surface area contributed by atoms with Crippen molar-refractivity contribution < 1.29 is 14.3 Å². The highest BCUT2D eigenvalue weighted by Gasteiger charge is 2.14. The lowest BCUT2D eigenvalue weighted by atomic mass is 10.2. The van der Waals surface area contributed by atoms with Gasteiger partial charge in [0.05, 0.1) is 0 Å². The number of amides is 2. The molecular weight excluding hydrogens is 316 g/mol. The zero-order chi connectivity index (χ0) is 16.8. The molecule has 2 aromatic carbocycles. The minimum Gasteiger partial charge on any atom is -0.481 e. The molecule has 0 fully saturated rings. The van der Waals surface area contributed by atoms with Crippen LogP contribution < -0.4 is 15.4 Å². The van der Waals surface area contributed by atoms with E-state index >= 15 is 0 Å². The van der Waals surface area contributed by atoms with Crippen molar-refractivity contribution in [2.75, 3.05) is 10.6 Å². The topological polar surface area (TPSA) is 67.4 Å². The monoisotopic (exact) mass is 332 g/mol. The van der Waals surface area contributed by atoms with E-state index < -0.39 is 6.10 Å². The van der Waals surface area contributed by atoms with Crippen molar-refractivity contribution in [1.82, 2.24) is 0 Å². The van der Waals surface area contributed by atoms with Gasteiger partial charge in [-0.2, -0.15) is 0 Å². The lowest BCUT2D eigenvalue weighted by Crippen LogP contribution is -2.30. The van der Waals surface area contributed by atoms with Crippen molar-refractivity contribution in [2.24, 2.45) is 0 Å². The van der Waals surface area contributed by atoms with E-state index in [1.54, 1.807) is 55.5 Å². The van der Waals surface area contributed by atoms with E-state index in [9.17, 15) is 9.59 Å². The van der Waals surface area contributed by atoms with Crippen molar-refractivity contribution in [3.8, 4) is 5.75 Å². The maximum atomic E-state index is 12.1. The number of benzene rings is 2. The zero-order valence-electron chi connectivity index (χ0n) is 12.8. The second kappa shape index (κ2) is 7.65. The highest BCUT2D eigenvalue weighted by molar-refractivity contribution is 6.30. The van der Waals surface area contributed by atoms with Crippen molar-refractivity contribution in [2.45, 2.75) is 20.0 Å². The standard InChI is InChI=1S/C17H17ClN2O3/c1-11(17(22)20-15-5-3-13(18)4-6-15)23-16-9-7-14(8-10-16)19-12(2)21/h3-11H,1-2H3,(H,19,21)(H,20,22). The summed E-state index contributed by atoms with van der Waals surface area (Å²) < 4.78 is 5.58. The number of ether oxygens (including phenoxy) is 1. The number of hydrogen-bond acceptors (Lipinski definition) is 3. The van der Waals surface area contributed by atoms with Gasteiger partial charge in [0.2, 0.25) is 5.91 Å². The molecule has 6 heteroatoms. The van der Waals surface area contributed by atoms with Crippen LogP contribution >= 0.6 is 11.6 Å². The van der Waals surface area contributed by atoms with Crippen molar-refractivity contribution in [1.29, 1.82) is 0 Å². The Kier molecular flexibility index (Phi) is 5.60. The SMILES string of the molecule is CC(=O)Nc1ccc(OC(C)C(=O)Nc2ccc(Cl)cc2)cc1. The van der Waals surface area contributed by atoms with Crippen LogP contribution in [0.3, 0.4) is 0 Å². The first kappa shape index (κ1) is 16.8. The Morgan fingerprint density at radius 3 is 2.04 bits per heavy atom. The average Bonchev–Trinajstić information content (AvgIpc) is 2.51. The third kappa shape index (κ3) is 5.30. The maximum Gasteiger partial charge on any atom is 0.265 e. The minimum atomic E-state index is -0.669. The smallest absolute Gasteiger partial charge is 0.265 e. The van der Waals surface area contributed by atoms with Crippen LogP contribution in [0.4, 0.5) is 11.4 Å². The van der Waals surface area contributed by atoms with E-state index in [1.807, 2.05) is 0 Å². The molecular formula is C17H17ClN2O3. The molecule has 0 aliphatic heterocycles. The Hall–Kier alpha value is -2.53. The molecule has 0 saturated carbocycles. The van der Waals surface area contributed by atoms with Crippen molar-refractivity contribution in [3.63, 3.8) is 0 Å². The average molecular weight is 333 g/mol. The van der Waals surface area contributed by atoms with E-state index in [0.29, 0.717) is 22.1 Å². The van der Waals surface area contributed by atoms with E-state index in [0.717, 1.165) is 0 Å². The van der Waals surface area contributed by atoms with Crippen LogP contribution in [-0.4, -0.2) is 17.9 Å². The quantitative estimate of drug-likeness (QED) is 0.877. The van der Waals surface area contributed by atoms with Gasteiger partial charge in [0.1, 0.15) is 5.75 Å². The third-order valence-corrected chi connectivity index (χ3v) is 3.22. The summed E-state index contributed by atoms with van der Waals surface area (Å²) in [4.78, 5) is 23.0. The molecule has 1 unspecified atom stereocenters. The number of halogens is 1. The Bertz CT molecular complexity index is 684. The molecule has 0 spiro atoms. The van der Waals surface area contributed by atoms with Gasteiger partial charge in [-0.05, 0) is 55.5 Å². The molecule has 2 N–H and O–H groups in total. The molecule has 0 radical (unpaired) electrons. The fourth-order valence-electron chi connectivity index (χ4n) is 1.85. The Morgan fingerprint density at radius 1 is 0.957 bits per heavy atom. The van der Waals surface area contributed by atoms with Crippen LogP contribution in [0.1, 0.15) is 13.8 Å². The maximum absolute atomic E-state index is 12.1. The molecule has 0 aliphatic rings. The van der Waals surface area contributed by atoms with Gasteiger partial charge in [0.15, 0.2) is 6.10 Å². The van der Waals surface area contributed by atoms with Gasteiger partial charge in [-0.15, -0.1) is 0 Å². The van der Waals surface area contributed by atoms with Crippen LogP contribution in [-0.2, 0) is 9.59 Å². The molecule has 0 aromatic heterocycles. The van der Waals surface area contributed by atoms with Gasteiger partial charge in [0.25, 0.3) is 5.91 Å². The van der Waals surface area contributed by atoms with Crippen LogP contribution in [0.5, 0.6) is 5.75 Å². The summed E-state index contributed by atoms with van der Waals surface area (Å²) in [7, 11) is 0. The van der Waals surface area contributed by atoms with Crippen molar-refractivity contribution in [3.05, 3.63) is 53.6 Å². The molecule has 120 valence electrons. The van der Waals surface area contributed by atoms with Crippen LogP contribution in [0.2, 0.25) is 5.02 Å². The second-order valence-corrected chi connectivity index (χ2v) is 5.40. The van der Waals surface area contributed by atoms with E-state index in [2.05, 4.69) is 10.6 Å². The molecule has 2 aromatic rings. The van der Waals surface area contributed by atoms with Gasteiger partial charge in [0, 0.05) is 23.3 Å². The summed E-state index contributed by atoms with van der Waals surface area (Å²) in [5.74, 6) is 0.130. The highest BCUT2D eigenvalue weighted by atomic mass is 35.5. The predicted octanol–water partition coefficient (Wildman–Crippen LogP) is 3.70. The Morgan fingerprint density at radius 2 is 1.48 bits per heavy atom. The van der Waals surface area contributed by atoms with Gasteiger partial charge in [-0.1, -0.05) is 11.6 Å². The largest absolute Gasteiger partial charge is 0.481 e. The molecule has 1 atom stereocenters. The Balaban J connectivity index is 1.92. The summed E-state index contributed by atoms with van der Waals surface area (Å²) in [6, 6.07) is 13.6. The first-order valence-corrected chi connectivity index (χ1v) is 7.42. The van der Waals surface area contributed by atoms with Crippen molar-refractivity contribution >= 4 is 34.8 Å². The zero-order valence-corrected chi connectivity index (χ0v) is 13.6. The highest BCUT2D eigenvalue weighted by Crippen LogP contribution is 2.18. The molecule has 2 amide bonds. The normalized spacial score (nSPS) is 11.4. The fraction of sp³-hybridized carbons (Fsp3) is 0.176. The lowest BCUT2D eigenvalue weighted by molar-refractivity contribution is -0.122. The summed E-state index contributed by atoms with van der Waals surface area (Å²) in [6.45, 7) is 3.10. The summed E-state index contributed by atoms with van der Waals surface area (Å²) in [6.07, 6.45) is -0.669. The first-order chi connectivity index (χ1) is 10.9. The van der Waals surface area contributed by atoms with Gasteiger partial charge >= 0.3 is 0 Å². The molecule has 0 saturated heterocycles. The summed E-state index contributed by atoms with van der Waals surface area (Å²) in [5, 5.41) is 6.01. The van der Waals surface area contributed by atoms with Crippen LogP contribution in [0, 0.1) is 0 Å².